The second-order valence-corrected chi connectivity index (χ2v) is 6.18. The van der Waals surface area contributed by atoms with E-state index in [9.17, 15) is 0 Å². The third-order valence-electron chi connectivity index (χ3n) is 3.68. The molecule has 1 aromatic carbocycles. The van der Waals surface area contributed by atoms with Gasteiger partial charge in [0, 0.05) is 6.54 Å². The van der Waals surface area contributed by atoms with Crippen molar-refractivity contribution in [1.29, 1.82) is 0 Å². The Morgan fingerprint density at radius 1 is 1.35 bits per heavy atom. The minimum absolute atomic E-state index is 0.747. The highest BCUT2D eigenvalue weighted by atomic mass is 32.1. The zero-order chi connectivity index (χ0) is 14.4. The maximum atomic E-state index is 5.25. The molecule has 0 spiro atoms. The number of thiazole rings is 1. The van der Waals surface area contributed by atoms with Gasteiger partial charge in [-0.05, 0) is 30.5 Å². The smallest absolute Gasteiger partial charge is 0.183 e. The first-order valence-electron chi connectivity index (χ1n) is 7.45. The third-order valence-corrected chi connectivity index (χ3v) is 4.66. The fraction of sp³-hybridized carbons (Fsp3) is 0.562. The number of hydrogen-bond acceptors (Lipinski definition) is 4. The van der Waals surface area contributed by atoms with Gasteiger partial charge >= 0.3 is 0 Å². The Balaban J connectivity index is 1.98. The number of unbranched alkanes of at least 4 members (excludes halogenated alkanes) is 1. The molecule has 0 aliphatic heterocycles. The summed E-state index contributed by atoms with van der Waals surface area (Å²) in [6, 6.07) is 6.03. The quantitative estimate of drug-likeness (QED) is 0.748. The van der Waals surface area contributed by atoms with Crippen molar-refractivity contribution in [2.75, 3.05) is 19.0 Å². The van der Waals surface area contributed by atoms with E-state index >= 15 is 0 Å². The van der Waals surface area contributed by atoms with Crippen LogP contribution in [0.1, 0.15) is 39.5 Å². The average Bonchev–Trinajstić information content (AvgIpc) is 2.89. The summed E-state index contributed by atoms with van der Waals surface area (Å²) in [6.45, 7) is 5.54. The van der Waals surface area contributed by atoms with Crippen LogP contribution < -0.4 is 10.1 Å². The summed E-state index contributed by atoms with van der Waals surface area (Å²) in [5.41, 5.74) is 1.04. The number of methoxy groups -OCH3 is 1. The van der Waals surface area contributed by atoms with E-state index in [4.69, 9.17) is 4.74 Å². The standard InChI is InChI=1S/C16H24N2OS/c1-4-6-7-12(5-2)11-17-16-18-14-9-8-13(19-3)10-15(14)20-16/h8-10,12H,4-7,11H2,1-3H3,(H,17,18). The summed E-state index contributed by atoms with van der Waals surface area (Å²) in [5.74, 6) is 1.64. The number of ether oxygens (including phenoxy) is 1. The molecular weight excluding hydrogens is 268 g/mol. The molecular formula is C16H24N2OS. The first kappa shape index (κ1) is 15.1. The number of fused-ring (bicyclic) bond motifs is 1. The van der Waals surface area contributed by atoms with Gasteiger partial charge in [-0.3, -0.25) is 0 Å². The summed E-state index contributed by atoms with van der Waals surface area (Å²) >= 11 is 1.70. The first-order chi connectivity index (χ1) is 9.76. The van der Waals surface area contributed by atoms with Gasteiger partial charge in [0.1, 0.15) is 5.75 Å². The van der Waals surface area contributed by atoms with E-state index in [1.165, 1.54) is 30.4 Å². The lowest BCUT2D eigenvalue weighted by atomic mass is 10.00. The summed E-state index contributed by atoms with van der Waals surface area (Å²) < 4.78 is 6.42. The second kappa shape index (κ2) is 7.48. The molecule has 1 atom stereocenters. The van der Waals surface area contributed by atoms with Gasteiger partial charge in [-0.25, -0.2) is 4.98 Å². The van der Waals surface area contributed by atoms with Crippen molar-refractivity contribution >= 4 is 26.7 Å². The molecule has 1 heterocycles. The van der Waals surface area contributed by atoms with Crippen LogP contribution >= 0.6 is 11.3 Å². The molecule has 3 nitrogen and oxygen atoms in total. The lowest BCUT2D eigenvalue weighted by Crippen LogP contribution is -2.13. The molecule has 2 rings (SSSR count). The van der Waals surface area contributed by atoms with Crippen LogP contribution in [-0.2, 0) is 0 Å². The van der Waals surface area contributed by atoms with Crippen molar-refractivity contribution in [2.45, 2.75) is 39.5 Å². The summed E-state index contributed by atoms with van der Waals surface area (Å²) in [4.78, 5) is 4.63. The van der Waals surface area contributed by atoms with Gasteiger partial charge in [0.2, 0.25) is 0 Å². The lowest BCUT2D eigenvalue weighted by molar-refractivity contribution is 0.415. The molecule has 1 aromatic heterocycles. The Bertz CT molecular complexity index is 538. The lowest BCUT2D eigenvalue weighted by Gasteiger charge is -2.14. The molecule has 1 unspecified atom stereocenters. The van der Waals surface area contributed by atoms with Gasteiger partial charge < -0.3 is 10.1 Å². The number of rotatable bonds is 8. The molecule has 1 N–H and O–H groups in total. The second-order valence-electron chi connectivity index (χ2n) is 5.15. The molecule has 0 aliphatic carbocycles. The van der Waals surface area contributed by atoms with Crippen LogP contribution in [0.25, 0.3) is 10.2 Å². The zero-order valence-electron chi connectivity index (χ0n) is 12.6. The largest absolute Gasteiger partial charge is 0.497 e. The minimum atomic E-state index is 0.747. The Morgan fingerprint density at radius 2 is 2.20 bits per heavy atom. The number of anilines is 1. The maximum Gasteiger partial charge on any atom is 0.183 e. The van der Waals surface area contributed by atoms with Gasteiger partial charge in [0.15, 0.2) is 5.13 Å². The average molecular weight is 292 g/mol. The molecule has 4 heteroatoms. The van der Waals surface area contributed by atoms with Gasteiger partial charge in [0.05, 0.1) is 17.3 Å². The molecule has 2 aromatic rings. The number of hydrogen-bond donors (Lipinski definition) is 1. The van der Waals surface area contributed by atoms with Crippen molar-refractivity contribution in [1.82, 2.24) is 4.98 Å². The van der Waals surface area contributed by atoms with Gasteiger partial charge in [-0.2, -0.15) is 0 Å². The van der Waals surface area contributed by atoms with Crippen molar-refractivity contribution in [3.05, 3.63) is 18.2 Å². The highest BCUT2D eigenvalue weighted by Gasteiger charge is 2.08. The molecule has 0 saturated carbocycles. The molecule has 0 fully saturated rings. The van der Waals surface area contributed by atoms with Gasteiger partial charge in [0.25, 0.3) is 0 Å². The fourth-order valence-corrected chi connectivity index (χ4v) is 3.18. The van der Waals surface area contributed by atoms with E-state index in [-0.39, 0.29) is 0 Å². The Morgan fingerprint density at radius 3 is 2.90 bits per heavy atom. The Kier molecular flexibility index (Phi) is 5.65. The topological polar surface area (TPSA) is 34.2 Å². The SMILES string of the molecule is CCCCC(CC)CNc1nc2ccc(OC)cc2s1. The maximum absolute atomic E-state index is 5.25. The van der Waals surface area contributed by atoms with Crippen molar-refractivity contribution in [3.8, 4) is 5.75 Å². The highest BCUT2D eigenvalue weighted by Crippen LogP contribution is 2.29. The zero-order valence-corrected chi connectivity index (χ0v) is 13.4. The fourth-order valence-electron chi connectivity index (χ4n) is 2.28. The predicted molar refractivity (Wildman–Crippen MR) is 88.0 cm³/mol. The number of aromatic nitrogens is 1. The molecule has 0 radical (unpaired) electrons. The van der Waals surface area contributed by atoms with E-state index in [1.807, 2.05) is 18.2 Å². The van der Waals surface area contributed by atoms with Crippen LogP contribution in [0, 0.1) is 5.92 Å². The number of nitrogens with one attached hydrogen (secondary N) is 1. The molecule has 20 heavy (non-hydrogen) atoms. The van der Waals surface area contributed by atoms with E-state index in [1.54, 1.807) is 18.4 Å². The minimum Gasteiger partial charge on any atom is -0.497 e. The summed E-state index contributed by atoms with van der Waals surface area (Å²) in [5, 5.41) is 4.51. The van der Waals surface area contributed by atoms with Crippen LogP contribution in [0.2, 0.25) is 0 Å². The monoisotopic (exact) mass is 292 g/mol. The van der Waals surface area contributed by atoms with Crippen molar-refractivity contribution in [2.24, 2.45) is 5.92 Å². The normalized spacial score (nSPS) is 12.6. The highest BCUT2D eigenvalue weighted by molar-refractivity contribution is 7.22. The van der Waals surface area contributed by atoms with Crippen LogP contribution in [0.5, 0.6) is 5.75 Å². The van der Waals surface area contributed by atoms with Crippen LogP contribution in [0.15, 0.2) is 18.2 Å². The van der Waals surface area contributed by atoms with Crippen LogP contribution in [-0.4, -0.2) is 18.6 Å². The molecule has 0 aliphatic rings. The molecule has 110 valence electrons. The van der Waals surface area contributed by atoms with E-state index in [2.05, 4.69) is 24.1 Å². The third kappa shape index (κ3) is 3.85. The van der Waals surface area contributed by atoms with Crippen LogP contribution in [0.4, 0.5) is 5.13 Å². The Hall–Kier alpha value is -1.29. The van der Waals surface area contributed by atoms with Crippen LogP contribution in [0.3, 0.4) is 0 Å². The predicted octanol–water partition coefficient (Wildman–Crippen LogP) is 4.93. The van der Waals surface area contributed by atoms with E-state index in [0.717, 1.165) is 28.9 Å². The van der Waals surface area contributed by atoms with Gasteiger partial charge in [-0.15, -0.1) is 0 Å². The first-order valence-corrected chi connectivity index (χ1v) is 8.26. The number of nitrogens with zero attached hydrogens (tertiary/aromatic N) is 1. The van der Waals surface area contributed by atoms with E-state index < -0.39 is 0 Å². The van der Waals surface area contributed by atoms with Crippen molar-refractivity contribution in [3.63, 3.8) is 0 Å². The van der Waals surface area contributed by atoms with E-state index in [0.29, 0.717) is 0 Å². The Labute approximate surface area is 125 Å². The molecule has 0 bridgehead atoms. The summed E-state index contributed by atoms with van der Waals surface area (Å²) in [7, 11) is 1.70. The van der Waals surface area contributed by atoms with Crippen molar-refractivity contribution < 1.29 is 4.74 Å². The van der Waals surface area contributed by atoms with Gasteiger partial charge in [-0.1, -0.05) is 44.4 Å². The number of benzene rings is 1. The summed E-state index contributed by atoms with van der Waals surface area (Å²) in [6.07, 6.45) is 5.12. The molecule has 0 amide bonds. The molecule has 0 saturated heterocycles.